The van der Waals surface area contributed by atoms with Crippen molar-refractivity contribution in [2.45, 2.75) is 20.5 Å². The number of anilines is 1. The third-order valence-corrected chi connectivity index (χ3v) is 4.49. The van der Waals surface area contributed by atoms with E-state index in [0.717, 1.165) is 22.4 Å². The Morgan fingerprint density at radius 2 is 1.74 bits per heavy atom. The number of benzene rings is 3. The van der Waals surface area contributed by atoms with Crippen LogP contribution in [-0.4, -0.2) is 25.3 Å². The maximum Gasteiger partial charge on any atom is 0.259 e. The van der Waals surface area contributed by atoms with Gasteiger partial charge in [-0.1, -0.05) is 48.5 Å². The van der Waals surface area contributed by atoms with Gasteiger partial charge in [0.15, 0.2) is 11.5 Å². The molecule has 6 heteroatoms. The van der Waals surface area contributed by atoms with Crippen LogP contribution in [-0.2, 0) is 11.4 Å². The van der Waals surface area contributed by atoms with E-state index in [0.29, 0.717) is 24.7 Å². The van der Waals surface area contributed by atoms with Crippen LogP contribution in [0.15, 0.2) is 77.9 Å². The van der Waals surface area contributed by atoms with Crippen LogP contribution in [0.3, 0.4) is 0 Å². The monoisotopic (exact) mass is 417 g/mol. The molecule has 0 radical (unpaired) electrons. The zero-order valence-electron chi connectivity index (χ0n) is 17.8. The van der Waals surface area contributed by atoms with E-state index in [2.05, 4.69) is 15.8 Å². The van der Waals surface area contributed by atoms with E-state index in [1.807, 2.05) is 86.6 Å². The third-order valence-electron chi connectivity index (χ3n) is 4.49. The molecule has 3 aromatic carbocycles. The summed E-state index contributed by atoms with van der Waals surface area (Å²) in [6.07, 6.45) is 1.58. The molecule has 0 heterocycles. The highest BCUT2D eigenvalue weighted by molar-refractivity contribution is 5.85. The maximum atomic E-state index is 12.0. The zero-order valence-corrected chi connectivity index (χ0v) is 17.8. The molecule has 0 spiro atoms. The lowest BCUT2D eigenvalue weighted by Gasteiger charge is -2.12. The highest BCUT2D eigenvalue weighted by Gasteiger charge is 2.07. The third kappa shape index (κ3) is 6.89. The molecule has 0 unspecified atom stereocenters. The molecule has 6 nitrogen and oxygen atoms in total. The van der Waals surface area contributed by atoms with Crippen LogP contribution in [0.4, 0.5) is 5.69 Å². The van der Waals surface area contributed by atoms with Gasteiger partial charge < -0.3 is 14.8 Å². The van der Waals surface area contributed by atoms with E-state index >= 15 is 0 Å². The zero-order chi connectivity index (χ0) is 21.9. The van der Waals surface area contributed by atoms with Gasteiger partial charge in [0, 0.05) is 5.69 Å². The predicted octanol–water partition coefficient (Wildman–Crippen LogP) is 4.53. The number of hydrogen-bond acceptors (Lipinski definition) is 5. The number of carbonyl (C=O) groups is 1. The number of ether oxygens (including phenoxy) is 2. The first-order valence-corrected chi connectivity index (χ1v) is 10.2. The molecule has 3 rings (SSSR count). The van der Waals surface area contributed by atoms with E-state index in [-0.39, 0.29) is 12.5 Å². The topological polar surface area (TPSA) is 72.0 Å². The number of hydrazone groups is 1. The van der Waals surface area contributed by atoms with Crippen molar-refractivity contribution >= 4 is 17.8 Å². The first-order chi connectivity index (χ1) is 15.2. The Hall–Kier alpha value is -3.80. The summed E-state index contributed by atoms with van der Waals surface area (Å²) in [6, 6.07) is 23.3. The van der Waals surface area contributed by atoms with Gasteiger partial charge >= 0.3 is 0 Å². The van der Waals surface area contributed by atoms with Crippen molar-refractivity contribution in [1.29, 1.82) is 0 Å². The van der Waals surface area contributed by atoms with Gasteiger partial charge in [-0.05, 0) is 54.8 Å². The Bertz CT molecular complexity index is 1020. The molecule has 0 aliphatic heterocycles. The highest BCUT2D eigenvalue weighted by Crippen LogP contribution is 2.28. The molecule has 0 aromatic heterocycles. The first kappa shape index (κ1) is 21.9. The van der Waals surface area contributed by atoms with E-state index in [9.17, 15) is 4.79 Å². The number of nitrogens with zero attached hydrogens (tertiary/aromatic N) is 1. The maximum absolute atomic E-state index is 12.0. The lowest BCUT2D eigenvalue weighted by atomic mass is 10.2. The van der Waals surface area contributed by atoms with Crippen LogP contribution in [0.5, 0.6) is 11.5 Å². The Kier molecular flexibility index (Phi) is 8.05. The number of hydrogen-bond donors (Lipinski definition) is 2. The molecular weight excluding hydrogens is 390 g/mol. The summed E-state index contributed by atoms with van der Waals surface area (Å²) in [6.45, 7) is 5.02. The fraction of sp³-hybridized carbons (Fsp3) is 0.200. The van der Waals surface area contributed by atoms with Gasteiger partial charge in [0.25, 0.3) is 5.91 Å². The van der Waals surface area contributed by atoms with Crippen LogP contribution in [0, 0.1) is 6.92 Å². The molecule has 0 saturated heterocycles. The molecule has 0 bridgehead atoms. The smallest absolute Gasteiger partial charge is 0.259 e. The van der Waals surface area contributed by atoms with Gasteiger partial charge in [0.1, 0.15) is 6.61 Å². The lowest BCUT2D eigenvalue weighted by molar-refractivity contribution is -0.119. The standard InChI is InChI=1S/C25H27N3O3/c1-3-30-24-15-21(13-14-23(24)31-18-20-10-5-4-6-11-20)16-27-28-25(29)17-26-22-12-8-7-9-19(22)2/h4-16,26H,3,17-18H2,1-2H3,(H,28,29)/b27-16-. The fourth-order valence-corrected chi connectivity index (χ4v) is 2.89. The van der Waals surface area contributed by atoms with Crippen LogP contribution < -0.4 is 20.2 Å². The van der Waals surface area contributed by atoms with Crippen molar-refractivity contribution in [3.8, 4) is 11.5 Å². The second-order valence-electron chi connectivity index (χ2n) is 6.88. The van der Waals surface area contributed by atoms with Crippen molar-refractivity contribution in [3.63, 3.8) is 0 Å². The molecule has 3 aromatic rings. The second-order valence-corrected chi connectivity index (χ2v) is 6.88. The Morgan fingerprint density at radius 3 is 2.52 bits per heavy atom. The molecule has 1 amide bonds. The van der Waals surface area contributed by atoms with Crippen LogP contribution in [0.1, 0.15) is 23.6 Å². The number of nitrogens with one attached hydrogen (secondary N) is 2. The SMILES string of the molecule is CCOc1cc(/C=N\NC(=O)CNc2ccccc2C)ccc1OCc1ccccc1. The van der Waals surface area contributed by atoms with Crippen LogP contribution in [0.25, 0.3) is 0 Å². The van der Waals surface area contributed by atoms with E-state index in [1.165, 1.54) is 0 Å². The van der Waals surface area contributed by atoms with Gasteiger partial charge in [0.05, 0.1) is 19.4 Å². The predicted molar refractivity (Wildman–Crippen MR) is 124 cm³/mol. The summed E-state index contributed by atoms with van der Waals surface area (Å²) in [7, 11) is 0. The average Bonchev–Trinajstić information content (AvgIpc) is 2.79. The quantitative estimate of drug-likeness (QED) is 0.375. The average molecular weight is 418 g/mol. The first-order valence-electron chi connectivity index (χ1n) is 10.2. The number of para-hydroxylation sites is 1. The van der Waals surface area contributed by atoms with Crippen LogP contribution in [0.2, 0.25) is 0 Å². The van der Waals surface area contributed by atoms with Crippen molar-refractivity contribution in [3.05, 3.63) is 89.5 Å². The Morgan fingerprint density at radius 1 is 0.968 bits per heavy atom. The molecule has 2 N–H and O–H groups in total. The van der Waals surface area contributed by atoms with Gasteiger partial charge in [0.2, 0.25) is 0 Å². The molecule has 0 saturated carbocycles. The van der Waals surface area contributed by atoms with Gasteiger partial charge in [-0.25, -0.2) is 5.43 Å². The number of amides is 1. The fourth-order valence-electron chi connectivity index (χ4n) is 2.89. The largest absolute Gasteiger partial charge is 0.490 e. The summed E-state index contributed by atoms with van der Waals surface area (Å²) in [4.78, 5) is 12.0. The van der Waals surface area contributed by atoms with Crippen molar-refractivity contribution in [2.75, 3.05) is 18.5 Å². The lowest BCUT2D eigenvalue weighted by Crippen LogP contribution is -2.26. The molecule has 31 heavy (non-hydrogen) atoms. The normalized spacial score (nSPS) is 10.6. The van der Waals surface area contributed by atoms with Gasteiger partial charge in [-0.2, -0.15) is 5.10 Å². The summed E-state index contributed by atoms with van der Waals surface area (Å²) in [5, 5.41) is 7.14. The Labute approximate surface area is 182 Å². The minimum Gasteiger partial charge on any atom is -0.490 e. The Balaban J connectivity index is 1.55. The van der Waals surface area contributed by atoms with E-state index in [4.69, 9.17) is 9.47 Å². The molecule has 0 aliphatic carbocycles. The summed E-state index contributed by atoms with van der Waals surface area (Å²) in [5.41, 5.74) is 6.41. The summed E-state index contributed by atoms with van der Waals surface area (Å²) >= 11 is 0. The molecule has 0 aliphatic rings. The molecule has 0 fully saturated rings. The van der Waals surface area contributed by atoms with E-state index < -0.39 is 0 Å². The molecule has 0 atom stereocenters. The minimum atomic E-state index is -0.229. The van der Waals surface area contributed by atoms with E-state index in [1.54, 1.807) is 6.21 Å². The number of rotatable bonds is 10. The minimum absolute atomic E-state index is 0.138. The number of aryl methyl sites for hydroxylation is 1. The van der Waals surface area contributed by atoms with Crippen molar-refractivity contribution < 1.29 is 14.3 Å². The number of carbonyl (C=O) groups excluding carboxylic acids is 1. The summed E-state index contributed by atoms with van der Waals surface area (Å²) in [5.74, 6) is 1.07. The van der Waals surface area contributed by atoms with Gasteiger partial charge in [-0.15, -0.1) is 0 Å². The van der Waals surface area contributed by atoms with Crippen molar-refractivity contribution in [2.24, 2.45) is 5.10 Å². The van der Waals surface area contributed by atoms with Crippen molar-refractivity contribution in [1.82, 2.24) is 5.43 Å². The van der Waals surface area contributed by atoms with Gasteiger partial charge in [-0.3, -0.25) is 4.79 Å². The van der Waals surface area contributed by atoms with Crippen LogP contribution >= 0.6 is 0 Å². The highest BCUT2D eigenvalue weighted by atomic mass is 16.5. The molecular formula is C25H27N3O3. The molecule has 160 valence electrons. The second kappa shape index (κ2) is 11.4. The summed E-state index contributed by atoms with van der Waals surface area (Å²) < 4.78 is 11.6.